The predicted octanol–water partition coefficient (Wildman–Crippen LogP) is 3.41. The van der Waals surface area contributed by atoms with Gasteiger partial charge in [-0.3, -0.25) is 9.59 Å². The highest BCUT2D eigenvalue weighted by atomic mass is 79.9. The molecule has 10 nitrogen and oxygen atoms in total. The molecule has 0 heterocycles. The first-order chi connectivity index (χ1) is 15.7. The molecule has 2 amide bonds. The van der Waals surface area contributed by atoms with E-state index >= 15 is 0 Å². The fourth-order valence-electron chi connectivity index (χ4n) is 2.53. The molecule has 0 spiro atoms. The fourth-order valence-corrected chi connectivity index (χ4v) is 3.45. The van der Waals surface area contributed by atoms with Crippen molar-refractivity contribution in [2.75, 3.05) is 14.2 Å². The first-order valence-corrected chi connectivity index (χ1v) is 11.1. The normalized spacial score (nSPS) is 11.0. The van der Waals surface area contributed by atoms with Crippen molar-refractivity contribution in [2.45, 2.75) is 19.3 Å². The molecule has 176 valence electrons. The number of amides is 2. The molecule has 2 aromatic carbocycles. The number of ether oxygens (including phenoxy) is 2. The third-order valence-corrected chi connectivity index (χ3v) is 5.36. The lowest BCUT2D eigenvalue weighted by Gasteiger charge is -2.06. The lowest BCUT2D eigenvalue weighted by molar-refractivity contribution is -0.122. The van der Waals surface area contributed by atoms with Gasteiger partial charge in [0.1, 0.15) is 0 Å². The lowest BCUT2D eigenvalue weighted by Crippen LogP contribution is -2.20. The minimum absolute atomic E-state index is 0.0306. The van der Waals surface area contributed by atoms with Crippen LogP contribution in [0.3, 0.4) is 0 Å². The number of carbonyl (C=O) groups is 2. The summed E-state index contributed by atoms with van der Waals surface area (Å²) in [5.41, 5.74) is 5.96. The van der Waals surface area contributed by atoms with Crippen molar-refractivity contribution in [3.63, 3.8) is 0 Å². The zero-order chi connectivity index (χ0) is 24.4. The number of carbonyl (C=O) groups excluding carboxylic acids is 2. The van der Waals surface area contributed by atoms with Gasteiger partial charge in [0.15, 0.2) is 23.0 Å². The molecule has 0 saturated carbocycles. The van der Waals surface area contributed by atoms with Gasteiger partial charge < -0.3 is 19.7 Å². The third-order valence-electron chi connectivity index (χ3n) is 4.15. The van der Waals surface area contributed by atoms with Gasteiger partial charge in [0.05, 0.1) is 35.6 Å². The van der Waals surface area contributed by atoms with Crippen molar-refractivity contribution >= 4 is 56.1 Å². The molecule has 12 heteroatoms. The Labute approximate surface area is 206 Å². The molecule has 0 bridgehead atoms. The molecule has 2 aromatic rings. The van der Waals surface area contributed by atoms with Crippen LogP contribution in [0.25, 0.3) is 0 Å². The maximum atomic E-state index is 11.9. The fraction of sp³-hybridized carbons (Fsp3) is 0.238. The molecule has 0 saturated heterocycles. The second kappa shape index (κ2) is 12.8. The van der Waals surface area contributed by atoms with E-state index in [0.29, 0.717) is 26.5 Å². The molecular weight excluding hydrogens is 564 g/mol. The summed E-state index contributed by atoms with van der Waals surface area (Å²) in [5, 5.41) is 27.3. The third kappa shape index (κ3) is 8.06. The van der Waals surface area contributed by atoms with Gasteiger partial charge >= 0.3 is 0 Å². The number of hydrogen-bond donors (Lipinski definition) is 4. The highest BCUT2D eigenvalue weighted by Crippen LogP contribution is 2.35. The number of aromatic hydroxyl groups is 2. The van der Waals surface area contributed by atoms with E-state index in [-0.39, 0.29) is 47.7 Å². The largest absolute Gasteiger partial charge is 0.503 e. The first kappa shape index (κ1) is 26.1. The van der Waals surface area contributed by atoms with E-state index < -0.39 is 0 Å². The second-order valence-corrected chi connectivity index (χ2v) is 8.26. The van der Waals surface area contributed by atoms with Gasteiger partial charge in [0.25, 0.3) is 0 Å². The van der Waals surface area contributed by atoms with Crippen LogP contribution < -0.4 is 20.3 Å². The Morgan fingerprint density at radius 2 is 1.24 bits per heavy atom. The van der Waals surface area contributed by atoms with Crippen LogP contribution in [0.4, 0.5) is 0 Å². The summed E-state index contributed by atoms with van der Waals surface area (Å²) >= 11 is 6.41. The average Bonchev–Trinajstić information content (AvgIpc) is 2.78. The van der Waals surface area contributed by atoms with Crippen LogP contribution >= 0.6 is 31.9 Å². The van der Waals surface area contributed by atoms with E-state index in [1.54, 1.807) is 24.3 Å². The molecule has 0 radical (unpaired) electrons. The molecule has 33 heavy (non-hydrogen) atoms. The van der Waals surface area contributed by atoms with Crippen molar-refractivity contribution in [1.29, 1.82) is 0 Å². The Morgan fingerprint density at radius 1 is 0.848 bits per heavy atom. The summed E-state index contributed by atoms with van der Waals surface area (Å²) < 4.78 is 11.0. The molecule has 0 aliphatic rings. The van der Waals surface area contributed by atoms with E-state index in [1.807, 2.05) is 0 Å². The minimum atomic E-state index is -0.353. The smallest absolute Gasteiger partial charge is 0.240 e. The van der Waals surface area contributed by atoms with Gasteiger partial charge in [-0.05, 0) is 73.7 Å². The van der Waals surface area contributed by atoms with Gasteiger partial charge in [-0.15, -0.1) is 0 Å². The SMILES string of the molecule is COc1cc(/C=N/NC(=O)CCCC(=O)N/N=C/c2cc(Br)c(O)c(OC)c2)cc(Br)c1O. The van der Waals surface area contributed by atoms with Crippen molar-refractivity contribution in [2.24, 2.45) is 10.2 Å². The number of hydrazone groups is 2. The molecule has 2 rings (SSSR count). The Balaban J connectivity index is 1.74. The summed E-state index contributed by atoms with van der Waals surface area (Å²) in [6.07, 6.45) is 3.31. The summed E-state index contributed by atoms with van der Waals surface area (Å²) in [7, 11) is 2.85. The Hall–Kier alpha value is -3.12. The number of methoxy groups -OCH3 is 2. The summed E-state index contributed by atoms with van der Waals surface area (Å²) in [5.74, 6) is -0.235. The average molecular weight is 586 g/mol. The molecule has 0 aliphatic heterocycles. The molecule has 0 atom stereocenters. The maximum Gasteiger partial charge on any atom is 0.240 e. The van der Waals surface area contributed by atoms with Crippen LogP contribution in [0, 0.1) is 0 Å². The van der Waals surface area contributed by atoms with Crippen LogP contribution in [-0.2, 0) is 9.59 Å². The summed E-state index contributed by atoms with van der Waals surface area (Å²) in [4.78, 5) is 23.8. The highest BCUT2D eigenvalue weighted by Gasteiger charge is 2.09. The molecule has 0 fully saturated rings. The number of phenols is 2. The van der Waals surface area contributed by atoms with Gasteiger partial charge in [-0.25, -0.2) is 10.9 Å². The standard InChI is InChI=1S/C21H22Br2N4O6/c1-32-16-8-12(6-14(22)20(16)30)10-24-26-18(28)4-3-5-19(29)27-25-11-13-7-15(23)21(31)17(9-13)33-2/h6-11,30-31H,3-5H2,1-2H3,(H,26,28)(H,27,29)/b24-10+,25-11+. The van der Waals surface area contributed by atoms with Crippen LogP contribution in [0.2, 0.25) is 0 Å². The quantitative estimate of drug-likeness (QED) is 0.249. The van der Waals surface area contributed by atoms with Gasteiger partial charge in [0, 0.05) is 12.8 Å². The summed E-state index contributed by atoms with van der Waals surface area (Å²) in [6.45, 7) is 0. The van der Waals surface area contributed by atoms with Crippen LogP contribution in [0.5, 0.6) is 23.0 Å². The number of phenolic OH excluding ortho intramolecular Hbond substituents is 2. The monoisotopic (exact) mass is 584 g/mol. The maximum absolute atomic E-state index is 11.9. The number of nitrogens with zero attached hydrogens (tertiary/aromatic N) is 2. The van der Waals surface area contributed by atoms with Crippen LogP contribution in [-0.4, -0.2) is 48.7 Å². The van der Waals surface area contributed by atoms with E-state index in [4.69, 9.17) is 9.47 Å². The zero-order valence-electron chi connectivity index (χ0n) is 17.8. The number of hydrogen-bond acceptors (Lipinski definition) is 8. The van der Waals surface area contributed by atoms with Crippen molar-refractivity contribution < 1.29 is 29.3 Å². The molecular formula is C21H22Br2N4O6. The van der Waals surface area contributed by atoms with E-state index in [0.717, 1.165) is 0 Å². The molecule has 0 unspecified atom stereocenters. The van der Waals surface area contributed by atoms with Crippen LogP contribution in [0.1, 0.15) is 30.4 Å². The second-order valence-electron chi connectivity index (χ2n) is 6.55. The molecule has 0 aliphatic carbocycles. The van der Waals surface area contributed by atoms with Gasteiger partial charge in [-0.1, -0.05) is 0 Å². The Morgan fingerprint density at radius 3 is 1.61 bits per heavy atom. The Kier molecular flexibility index (Phi) is 10.1. The predicted molar refractivity (Wildman–Crippen MR) is 130 cm³/mol. The van der Waals surface area contributed by atoms with Crippen molar-refractivity contribution in [3.8, 4) is 23.0 Å². The van der Waals surface area contributed by atoms with Gasteiger partial charge in [0.2, 0.25) is 11.8 Å². The highest BCUT2D eigenvalue weighted by molar-refractivity contribution is 9.10. The van der Waals surface area contributed by atoms with E-state index in [1.165, 1.54) is 26.6 Å². The molecule has 4 N–H and O–H groups in total. The first-order valence-electron chi connectivity index (χ1n) is 9.52. The topological polar surface area (TPSA) is 142 Å². The van der Waals surface area contributed by atoms with E-state index in [2.05, 4.69) is 52.9 Å². The molecule has 0 aromatic heterocycles. The minimum Gasteiger partial charge on any atom is -0.503 e. The lowest BCUT2D eigenvalue weighted by atomic mass is 10.2. The van der Waals surface area contributed by atoms with E-state index in [9.17, 15) is 19.8 Å². The summed E-state index contributed by atoms with van der Waals surface area (Å²) in [6, 6.07) is 6.36. The number of benzene rings is 2. The van der Waals surface area contributed by atoms with Crippen LogP contribution in [0.15, 0.2) is 43.4 Å². The zero-order valence-corrected chi connectivity index (χ0v) is 20.9. The van der Waals surface area contributed by atoms with Crippen molar-refractivity contribution in [3.05, 3.63) is 44.3 Å². The van der Waals surface area contributed by atoms with Crippen molar-refractivity contribution in [1.82, 2.24) is 10.9 Å². The number of rotatable bonds is 10. The number of nitrogens with one attached hydrogen (secondary N) is 2. The Bertz CT molecular complexity index is 992. The number of halogens is 2. The van der Waals surface area contributed by atoms with Gasteiger partial charge in [-0.2, -0.15) is 10.2 Å².